The van der Waals surface area contributed by atoms with Gasteiger partial charge in [-0.25, -0.2) is 0 Å². The molecule has 90 valence electrons. The molecule has 0 aliphatic rings. The number of aliphatic hydroxyl groups excluding tert-OH is 1. The highest BCUT2D eigenvalue weighted by molar-refractivity contribution is 9.10. The van der Waals surface area contributed by atoms with Gasteiger partial charge in [-0.1, -0.05) is 15.9 Å². The van der Waals surface area contributed by atoms with Crippen molar-refractivity contribution >= 4 is 21.6 Å². The number of anilines is 1. The van der Waals surface area contributed by atoms with E-state index in [1.807, 2.05) is 25.1 Å². The molecule has 0 amide bonds. The molecule has 0 fully saturated rings. The first-order chi connectivity index (χ1) is 7.63. The third kappa shape index (κ3) is 4.49. The highest BCUT2D eigenvalue weighted by Gasteiger charge is 2.00. The van der Waals surface area contributed by atoms with E-state index < -0.39 is 0 Å². The van der Waals surface area contributed by atoms with Crippen molar-refractivity contribution < 1.29 is 10.3 Å². The number of hydroxylamine groups is 2. The van der Waals surface area contributed by atoms with Crippen molar-refractivity contribution in [1.29, 1.82) is 0 Å². The molecule has 1 aromatic rings. The van der Waals surface area contributed by atoms with Crippen LogP contribution in [0.4, 0.5) is 5.69 Å². The number of aryl methyl sites for hydroxylation is 1. The van der Waals surface area contributed by atoms with E-state index >= 15 is 0 Å². The van der Waals surface area contributed by atoms with Crippen molar-refractivity contribution in [2.75, 3.05) is 31.6 Å². The van der Waals surface area contributed by atoms with Crippen LogP contribution in [0.3, 0.4) is 0 Å². The minimum atomic E-state index is -0.0338. The van der Waals surface area contributed by atoms with E-state index in [0.717, 1.165) is 15.2 Å². The summed E-state index contributed by atoms with van der Waals surface area (Å²) in [5.41, 5.74) is 2.19. The Morgan fingerprint density at radius 3 is 2.75 bits per heavy atom. The van der Waals surface area contributed by atoms with E-state index in [1.165, 1.54) is 5.56 Å². The fourth-order valence-electron chi connectivity index (χ4n) is 1.31. The van der Waals surface area contributed by atoms with Crippen molar-refractivity contribution in [1.82, 2.24) is 5.06 Å². The van der Waals surface area contributed by atoms with Gasteiger partial charge in [0.25, 0.3) is 0 Å². The van der Waals surface area contributed by atoms with E-state index in [2.05, 4.69) is 21.2 Å². The Kier molecular flexibility index (Phi) is 5.76. The highest BCUT2D eigenvalue weighted by atomic mass is 79.9. The predicted octanol–water partition coefficient (Wildman–Crippen LogP) is 1.85. The molecule has 0 bridgehead atoms. The second-order valence-electron chi connectivity index (χ2n) is 3.57. The summed E-state index contributed by atoms with van der Waals surface area (Å²) in [7, 11) is 0. The Morgan fingerprint density at radius 2 is 2.12 bits per heavy atom. The maximum Gasteiger partial charge on any atom is 0.0581 e. The highest BCUT2D eigenvalue weighted by Crippen LogP contribution is 2.19. The Balaban J connectivity index is 2.34. The quantitative estimate of drug-likeness (QED) is 0.700. The Morgan fingerprint density at radius 1 is 1.38 bits per heavy atom. The van der Waals surface area contributed by atoms with Gasteiger partial charge in [-0.15, -0.1) is 0 Å². The number of rotatable bonds is 6. The van der Waals surface area contributed by atoms with Gasteiger partial charge < -0.3 is 15.6 Å². The summed E-state index contributed by atoms with van der Waals surface area (Å²) in [6.45, 7) is 3.39. The maximum atomic E-state index is 9.25. The summed E-state index contributed by atoms with van der Waals surface area (Å²) in [5, 5.41) is 22.1. The molecule has 0 aliphatic carbocycles. The van der Waals surface area contributed by atoms with Gasteiger partial charge >= 0.3 is 0 Å². The van der Waals surface area contributed by atoms with Crippen LogP contribution in [0, 0.1) is 6.92 Å². The molecule has 5 heteroatoms. The van der Waals surface area contributed by atoms with Gasteiger partial charge in [0.1, 0.15) is 0 Å². The van der Waals surface area contributed by atoms with E-state index in [4.69, 9.17) is 5.11 Å². The zero-order valence-corrected chi connectivity index (χ0v) is 10.9. The molecular weight excluding hydrogens is 272 g/mol. The first kappa shape index (κ1) is 13.4. The number of nitrogens with zero attached hydrogens (tertiary/aromatic N) is 1. The topological polar surface area (TPSA) is 55.7 Å². The second-order valence-corrected chi connectivity index (χ2v) is 4.42. The molecule has 1 aromatic carbocycles. The van der Waals surface area contributed by atoms with Crippen LogP contribution >= 0.6 is 15.9 Å². The second kappa shape index (κ2) is 6.85. The van der Waals surface area contributed by atoms with Crippen LogP contribution in [0.15, 0.2) is 22.7 Å². The summed E-state index contributed by atoms with van der Waals surface area (Å²) in [4.78, 5) is 0. The van der Waals surface area contributed by atoms with Crippen molar-refractivity contribution in [3.05, 3.63) is 28.2 Å². The zero-order chi connectivity index (χ0) is 12.0. The van der Waals surface area contributed by atoms with Gasteiger partial charge in [0.05, 0.1) is 6.61 Å². The SMILES string of the molecule is Cc1cc(NCCN(O)CCO)ccc1Br. The lowest BCUT2D eigenvalue weighted by molar-refractivity contribution is -0.0947. The molecular formula is C11H17BrN2O2. The predicted molar refractivity (Wildman–Crippen MR) is 67.8 cm³/mol. The summed E-state index contributed by atoms with van der Waals surface area (Å²) >= 11 is 3.44. The molecule has 0 atom stereocenters. The van der Waals surface area contributed by atoms with Crippen LogP contribution in [-0.2, 0) is 0 Å². The minimum Gasteiger partial charge on any atom is -0.395 e. The van der Waals surface area contributed by atoms with E-state index in [0.29, 0.717) is 13.1 Å². The van der Waals surface area contributed by atoms with Crippen LogP contribution in [0.25, 0.3) is 0 Å². The third-order valence-electron chi connectivity index (χ3n) is 2.22. The fourth-order valence-corrected chi connectivity index (χ4v) is 1.56. The van der Waals surface area contributed by atoms with Crippen LogP contribution in [0.5, 0.6) is 0 Å². The molecule has 3 N–H and O–H groups in total. The van der Waals surface area contributed by atoms with Crippen molar-refractivity contribution in [2.24, 2.45) is 0 Å². The summed E-state index contributed by atoms with van der Waals surface area (Å²) in [5.74, 6) is 0. The minimum absolute atomic E-state index is 0.0338. The molecule has 0 aliphatic heterocycles. The largest absolute Gasteiger partial charge is 0.395 e. The summed E-state index contributed by atoms with van der Waals surface area (Å²) in [6, 6.07) is 6.00. The van der Waals surface area contributed by atoms with E-state index in [-0.39, 0.29) is 13.2 Å². The fraction of sp³-hybridized carbons (Fsp3) is 0.455. The lowest BCUT2D eigenvalue weighted by Crippen LogP contribution is -2.28. The molecule has 0 radical (unpaired) electrons. The Labute approximate surface area is 104 Å². The first-order valence-corrected chi connectivity index (χ1v) is 5.97. The van der Waals surface area contributed by atoms with Gasteiger partial charge in [-0.05, 0) is 30.7 Å². The lowest BCUT2D eigenvalue weighted by Gasteiger charge is -2.14. The lowest BCUT2D eigenvalue weighted by atomic mass is 10.2. The van der Waals surface area contributed by atoms with Gasteiger partial charge in [-0.3, -0.25) is 0 Å². The summed E-state index contributed by atoms with van der Waals surface area (Å²) < 4.78 is 1.09. The van der Waals surface area contributed by atoms with Crippen molar-refractivity contribution in [2.45, 2.75) is 6.92 Å². The molecule has 16 heavy (non-hydrogen) atoms. The normalized spacial score (nSPS) is 10.8. The van der Waals surface area contributed by atoms with Crippen LogP contribution in [-0.4, -0.2) is 41.6 Å². The number of hydrogen-bond donors (Lipinski definition) is 3. The maximum absolute atomic E-state index is 9.25. The molecule has 0 heterocycles. The average Bonchev–Trinajstić information content (AvgIpc) is 2.24. The number of aliphatic hydroxyl groups is 1. The van der Waals surface area contributed by atoms with E-state index in [9.17, 15) is 5.21 Å². The standard InChI is InChI=1S/C11H17BrN2O2/c1-9-8-10(2-3-11(9)12)13-4-5-14(16)6-7-15/h2-3,8,13,15-16H,4-7H2,1H3. The number of hydrogen-bond acceptors (Lipinski definition) is 4. The van der Waals surface area contributed by atoms with Gasteiger partial charge in [0, 0.05) is 29.8 Å². The molecule has 0 spiro atoms. The monoisotopic (exact) mass is 288 g/mol. The average molecular weight is 289 g/mol. The number of benzene rings is 1. The molecule has 0 unspecified atom stereocenters. The van der Waals surface area contributed by atoms with Gasteiger partial charge in [0.15, 0.2) is 0 Å². The van der Waals surface area contributed by atoms with Crippen LogP contribution < -0.4 is 5.32 Å². The summed E-state index contributed by atoms with van der Waals surface area (Å²) in [6.07, 6.45) is 0. The number of halogens is 1. The number of nitrogens with one attached hydrogen (secondary N) is 1. The smallest absolute Gasteiger partial charge is 0.0581 e. The van der Waals surface area contributed by atoms with Crippen molar-refractivity contribution in [3.8, 4) is 0 Å². The Hall–Kier alpha value is -0.620. The van der Waals surface area contributed by atoms with Crippen LogP contribution in [0.1, 0.15) is 5.56 Å². The molecule has 0 saturated carbocycles. The molecule has 1 rings (SSSR count). The van der Waals surface area contributed by atoms with Gasteiger partial charge in [0.2, 0.25) is 0 Å². The third-order valence-corrected chi connectivity index (χ3v) is 3.10. The van der Waals surface area contributed by atoms with Crippen molar-refractivity contribution in [3.63, 3.8) is 0 Å². The first-order valence-electron chi connectivity index (χ1n) is 5.18. The van der Waals surface area contributed by atoms with Gasteiger partial charge in [-0.2, -0.15) is 5.06 Å². The molecule has 0 saturated heterocycles. The van der Waals surface area contributed by atoms with Crippen LogP contribution in [0.2, 0.25) is 0 Å². The molecule has 0 aromatic heterocycles. The van der Waals surface area contributed by atoms with E-state index in [1.54, 1.807) is 0 Å². The zero-order valence-electron chi connectivity index (χ0n) is 9.28. The molecule has 4 nitrogen and oxygen atoms in total. The Bertz CT molecular complexity index is 334.